The standard InChI is InChI=1S/C17H16FNO4S/c1-22-14-7-6-8-15(13-14)24(20,21)19-11-4-5-12-23-17-10-3-2-9-16(17)18/h2-3,6-10,13,19H,11-12H2,1H3. The summed E-state index contributed by atoms with van der Waals surface area (Å²) in [6.45, 7) is -0.123. The van der Waals surface area contributed by atoms with Gasteiger partial charge in [0.15, 0.2) is 11.6 Å². The van der Waals surface area contributed by atoms with Crippen molar-refractivity contribution in [1.82, 2.24) is 4.72 Å². The Balaban J connectivity index is 1.86. The molecule has 0 heterocycles. The Morgan fingerprint density at radius 3 is 2.67 bits per heavy atom. The van der Waals surface area contributed by atoms with E-state index in [4.69, 9.17) is 9.47 Å². The van der Waals surface area contributed by atoms with Crippen LogP contribution in [0, 0.1) is 17.7 Å². The number of hydrogen-bond acceptors (Lipinski definition) is 4. The summed E-state index contributed by atoms with van der Waals surface area (Å²) in [5, 5.41) is 0. The van der Waals surface area contributed by atoms with E-state index >= 15 is 0 Å². The van der Waals surface area contributed by atoms with Gasteiger partial charge in [0.2, 0.25) is 10.0 Å². The number of benzene rings is 2. The number of sulfonamides is 1. The molecule has 0 aromatic heterocycles. The Bertz CT molecular complexity index is 856. The van der Waals surface area contributed by atoms with Gasteiger partial charge in [-0.1, -0.05) is 30.0 Å². The molecule has 0 radical (unpaired) electrons. The zero-order valence-electron chi connectivity index (χ0n) is 13.0. The molecule has 0 saturated heterocycles. The Labute approximate surface area is 140 Å². The molecule has 2 aromatic carbocycles. The fourth-order valence-electron chi connectivity index (χ4n) is 1.77. The van der Waals surface area contributed by atoms with Crippen molar-refractivity contribution < 1.29 is 22.3 Å². The van der Waals surface area contributed by atoms with Gasteiger partial charge in [0.25, 0.3) is 0 Å². The minimum absolute atomic E-state index is 0.0399. The summed E-state index contributed by atoms with van der Waals surface area (Å²) in [7, 11) is -2.21. The number of ether oxygens (including phenoxy) is 2. The molecule has 24 heavy (non-hydrogen) atoms. The zero-order chi connectivity index (χ0) is 17.4. The fraction of sp³-hybridized carbons (Fsp3) is 0.176. The van der Waals surface area contributed by atoms with Crippen LogP contribution in [0.3, 0.4) is 0 Å². The number of methoxy groups -OCH3 is 1. The first-order valence-electron chi connectivity index (χ1n) is 7.00. The van der Waals surface area contributed by atoms with Gasteiger partial charge in [-0.15, -0.1) is 0 Å². The molecule has 0 aliphatic carbocycles. The van der Waals surface area contributed by atoms with Crippen LogP contribution in [0.15, 0.2) is 53.4 Å². The minimum Gasteiger partial charge on any atom is -0.497 e. The second kappa shape index (κ2) is 8.34. The number of rotatable bonds is 6. The summed E-state index contributed by atoms with van der Waals surface area (Å²) in [4.78, 5) is 0.0891. The van der Waals surface area contributed by atoms with E-state index in [1.807, 2.05) is 0 Å². The molecule has 0 aliphatic heterocycles. The van der Waals surface area contributed by atoms with Crippen LogP contribution < -0.4 is 14.2 Å². The molecule has 0 atom stereocenters. The van der Waals surface area contributed by atoms with E-state index in [0.29, 0.717) is 5.75 Å². The van der Waals surface area contributed by atoms with Crippen molar-refractivity contribution in [3.63, 3.8) is 0 Å². The van der Waals surface area contributed by atoms with Crippen LogP contribution in [0.2, 0.25) is 0 Å². The van der Waals surface area contributed by atoms with E-state index in [9.17, 15) is 12.8 Å². The summed E-state index contributed by atoms with van der Waals surface area (Å²) < 4.78 is 49.9. The number of para-hydroxylation sites is 1. The van der Waals surface area contributed by atoms with Gasteiger partial charge in [-0.05, 0) is 24.3 Å². The van der Waals surface area contributed by atoms with Crippen molar-refractivity contribution in [2.45, 2.75) is 4.90 Å². The van der Waals surface area contributed by atoms with Crippen LogP contribution in [0.5, 0.6) is 11.5 Å². The monoisotopic (exact) mass is 349 g/mol. The molecule has 0 aliphatic rings. The zero-order valence-corrected chi connectivity index (χ0v) is 13.8. The first-order valence-corrected chi connectivity index (χ1v) is 8.48. The van der Waals surface area contributed by atoms with Crippen molar-refractivity contribution >= 4 is 10.0 Å². The lowest BCUT2D eigenvalue weighted by molar-refractivity contribution is 0.348. The highest BCUT2D eigenvalue weighted by molar-refractivity contribution is 7.89. The third-order valence-corrected chi connectivity index (χ3v) is 4.36. The summed E-state index contributed by atoms with van der Waals surface area (Å²) >= 11 is 0. The smallest absolute Gasteiger partial charge is 0.241 e. The average molecular weight is 349 g/mol. The highest BCUT2D eigenvalue weighted by Gasteiger charge is 2.13. The summed E-state index contributed by atoms with van der Waals surface area (Å²) in [5.41, 5.74) is 0. The highest BCUT2D eigenvalue weighted by atomic mass is 32.2. The number of hydrogen-bond donors (Lipinski definition) is 1. The van der Waals surface area contributed by atoms with Crippen molar-refractivity contribution in [3.8, 4) is 23.3 Å². The molecule has 0 saturated carbocycles. The Hall–Kier alpha value is -2.56. The van der Waals surface area contributed by atoms with Crippen LogP contribution in [0.25, 0.3) is 0 Å². The Morgan fingerprint density at radius 2 is 1.92 bits per heavy atom. The molecule has 7 heteroatoms. The van der Waals surface area contributed by atoms with Crippen LogP contribution in [0.1, 0.15) is 0 Å². The average Bonchev–Trinajstić information content (AvgIpc) is 2.59. The van der Waals surface area contributed by atoms with Crippen molar-refractivity contribution in [2.75, 3.05) is 20.3 Å². The molecule has 5 nitrogen and oxygen atoms in total. The molecule has 1 N–H and O–H groups in total. The van der Waals surface area contributed by atoms with Crippen LogP contribution >= 0.6 is 0 Å². The minimum atomic E-state index is -3.67. The van der Waals surface area contributed by atoms with E-state index < -0.39 is 15.8 Å². The molecular formula is C17H16FNO4S. The maximum Gasteiger partial charge on any atom is 0.241 e. The van der Waals surface area contributed by atoms with Gasteiger partial charge in [-0.25, -0.2) is 12.8 Å². The molecule has 0 unspecified atom stereocenters. The second-order valence-electron chi connectivity index (χ2n) is 4.58. The predicted molar refractivity (Wildman–Crippen MR) is 87.9 cm³/mol. The Kier molecular flexibility index (Phi) is 6.18. The molecule has 0 fully saturated rings. The van der Waals surface area contributed by atoms with Gasteiger partial charge in [0.1, 0.15) is 12.4 Å². The van der Waals surface area contributed by atoms with Gasteiger partial charge in [0, 0.05) is 6.07 Å². The lowest BCUT2D eigenvalue weighted by Crippen LogP contribution is -2.24. The summed E-state index contributed by atoms with van der Waals surface area (Å²) in [5.74, 6) is 5.30. The molecular weight excluding hydrogens is 333 g/mol. The first kappa shape index (κ1) is 17.8. The molecule has 2 rings (SSSR count). The normalized spacial score (nSPS) is 10.6. The SMILES string of the molecule is COc1cccc(S(=O)(=O)NCC#CCOc2ccccc2F)c1. The van der Waals surface area contributed by atoms with Crippen LogP contribution in [-0.4, -0.2) is 28.7 Å². The van der Waals surface area contributed by atoms with Gasteiger partial charge in [-0.3, -0.25) is 0 Å². The maximum absolute atomic E-state index is 13.3. The largest absolute Gasteiger partial charge is 0.497 e. The van der Waals surface area contributed by atoms with E-state index in [0.717, 1.165) is 0 Å². The topological polar surface area (TPSA) is 64.6 Å². The lowest BCUT2D eigenvalue weighted by atomic mass is 10.3. The highest BCUT2D eigenvalue weighted by Crippen LogP contribution is 2.16. The molecule has 0 amide bonds. The molecule has 0 spiro atoms. The fourth-order valence-corrected chi connectivity index (χ4v) is 2.73. The maximum atomic E-state index is 13.3. The molecule has 2 aromatic rings. The number of halogens is 1. The Morgan fingerprint density at radius 1 is 1.12 bits per heavy atom. The first-order chi connectivity index (χ1) is 11.5. The summed E-state index contributed by atoms with van der Waals surface area (Å²) in [6.07, 6.45) is 0. The third-order valence-electron chi connectivity index (χ3n) is 2.96. The van der Waals surface area contributed by atoms with Crippen molar-refractivity contribution in [3.05, 3.63) is 54.3 Å². The lowest BCUT2D eigenvalue weighted by Gasteiger charge is -2.05. The van der Waals surface area contributed by atoms with Crippen molar-refractivity contribution in [2.24, 2.45) is 0 Å². The van der Waals surface area contributed by atoms with Gasteiger partial charge >= 0.3 is 0 Å². The quantitative estimate of drug-likeness (QED) is 0.812. The van der Waals surface area contributed by atoms with Gasteiger partial charge in [-0.2, -0.15) is 4.72 Å². The van der Waals surface area contributed by atoms with E-state index in [2.05, 4.69) is 16.6 Å². The second-order valence-corrected chi connectivity index (χ2v) is 6.34. The summed E-state index contributed by atoms with van der Waals surface area (Å²) in [6, 6.07) is 12.1. The number of nitrogens with one attached hydrogen (secondary N) is 1. The predicted octanol–water partition coefficient (Wildman–Crippen LogP) is 2.20. The third kappa shape index (κ3) is 4.98. The van der Waals surface area contributed by atoms with Crippen molar-refractivity contribution in [1.29, 1.82) is 0 Å². The van der Waals surface area contributed by atoms with Gasteiger partial charge in [0.05, 0.1) is 18.6 Å². The van der Waals surface area contributed by atoms with Gasteiger partial charge < -0.3 is 9.47 Å². The van der Waals surface area contributed by atoms with E-state index in [1.165, 1.54) is 31.4 Å². The van der Waals surface area contributed by atoms with Crippen LogP contribution in [0.4, 0.5) is 4.39 Å². The van der Waals surface area contributed by atoms with Crippen LogP contribution in [-0.2, 0) is 10.0 Å². The van der Waals surface area contributed by atoms with E-state index in [-0.39, 0.29) is 23.8 Å². The molecule has 126 valence electrons. The van der Waals surface area contributed by atoms with E-state index in [1.54, 1.807) is 24.3 Å². The molecule has 0 bridgehead atoms.